The highest BCUT2D eigenvalue weighted by Gasteiger charge is 2.41. The topological polar surface area (TPSA) is 31.4 Å². The van der Waals surface area contributed by atoms with Crippen molar-refractivity contribution < 1.29 is 0 Å². The fourth-order valence-electron chi connectivity index (χ4n) is 3.48. The molecular weight excluding hydrogens is 234 g/mol. The molecule has 100 valence electrons. The zero-order valence-corrected chi connectivity index (χ0v) is 12.3. The molecule has 0 saturated heterocycles. The second-order valence-corrected chi connectivity index (χ2v) is 7.24. The van der Waals surface area contributed by atoms with E-state index in [1.54, 1.807) is 0 Å². The number of rotatable bonds is 0. The summed E-state index contributed by atoms with van der Waals surface area (Å²) in [5, 5.41) is 9.19. The third kappa shape index (κ3) is 1.74. The maximum absolute atomic E-state index is 9.19. The summed E-state index contributed by atoms with van der Waals surface area (Å²) in [5.74, 6) is 0. The first-order chi connectivity index (χ1) is 8.85. The van der Waals surface area contributed by atoms with Crippen molar-refractivity contribution in [3.8, 4) is 0 Å². The second kappa shape index (κ2) is 3.72. The van der Waals surface area contributed by atoms with Gasteiger partial charge in [-0.05, 0) is 34.8 Å². The SMILES string of the molecule is CC1(C)CCN2CCC(C)(C)c3cc([N+]#N)cc1c32. The first-order valence-corrected chi connectivity index (χ1v) is 7.14. The van der Waals surface area contributed by atoms with Gasteiger partial charge in [-0.3, -0.25) is 0 Å². The number of benzene rings is 1. The van der Waals surface area contributed by atoms with Crippen LogP contribution in [0.5, 0.6) is 0 Å². The van der Waals surface area contributed by atoms with Gasteiger partial charge in [-0.2, -0.15) is 0 Å². The van der Waals surface area contributed by atoms with Crippen LogP contribution in [0.2, 0.25) is 0 Å². The smallest absolute Gasteiger partial charge is 0.371 e. The maximum Gasteiger partial charge on any atom is 0.385 e. The van der Waals surface area contributed by atoms with E-state index in [4.69, 9.17) is 0 Å². The predicted molar refractivity (Wildman–Crippen MR) is 78.7 cm³/mol. The van der Waals surface area contributed by atoms with Crippen LogP contribution in [0.15, 0.2) is 12.1 Å². The highest BCUT2D eigenvalue weighted by atomic mass is 15.2. The molecule has 2 heterocycles. The van der Waals surface area contributed by atoms with Crippen molar-refractivity contribution in [3.63, 3.8) is 0 Å². The van der Waals surface area contributed by atoms with Crippen molar-refractivity contribution in [2.24, 2.45) is 0 Å². The molecule has 0 fully saturated rings. The van der Waals surface area contributed by atoms with E-state index in [1.165, 1.54) is 16.8 Å². The van der Waals surface area contributed by atoms with Crippen molar-refractivity contribution in [2.45, 2.75) is 51.4 Å². The summed E-state index contributed by atoms with van der Waals surface area (Å²) >= 11 is 0. The van der Waals surface area contributed by atoms with Crippen LogP contribution in [-0.2, 0) is 10.8 Å². The Morgan fingerprint density at radius 1 is 1.00 bits per heavy atom. The quantitative estimate of drug-likeness (QED) is 0.647. The van der Waals surface area contributed by atoms with Gasteiger partial charge in [-0.15, -0.1) is 0 Å². The Bertz CT molecular complexity index is 537. The molecule has 3 rings (SSSR count). The summed E-state index contributed by atoms with van der Waals surface area (Å²) in [6.07, 6.45) is 2.32. The highest BCUT2D eigenvalue weighted by molar-refractivity contribution is 5.72. The first kappa shape index (κ1) is 12.5. The Balaban J connectivity index is 2.33. The lowest BCUT2D eigenvalue weighted by Crippen LogP contribution is -2.44. The van der Waals surface area contributed by atoms with Gasteiger partial charge in [-0.1, -0.05) is 27.7 Å². The van der Waals surface area contributed by atoms with E-state index in [0.717, 1.165) is 25.9 Å². The van der Waals surface area contributed by atoms with Gasteiger partial charge in [0.25, 0.3) is 0 Å². The van der Waals surface area contributed by atoms with Crippen LogP contribution in [0.3, 0.4) is 0 Å². The number of diazo groups is 1. The summed E-state index contributed by atoms with van der Waals surface area (Å²) < 4.78 is 0. The molecule has 3 heteroatoms. The Hall–Kier alpha value is -1.56. The summed E-state index contributed by atoms with van der Waals surface area (Å²) in [6.45, 7) is 11.5. The number of hydrogen-bond acceptors (Lipinski definition) is 2. The highest BCUT2D eigenvalue weighted by Crippen LogP contribution is 2.50. The Morgan fingerprint density at radius 2 is 1.47 bits per heavy atom. The molecule has 0 spiro atoms. The average molecular weight is 256 g/mol. The maximum atomic E-state index is 9.19. The third-order valence-electron chi connectivity index (χ3n) is 5.00. The molecule has 0 amide bonds. The van der Waals surface area contributed by atoms with Crippen molar-refractivity contribution in [2.75, 3.05) is 18.0 Å². The van der Waals surface area contributed by atoms with Gasteiger partial charge in [0.05, 0.1) is 0 Å². The second-order valence-electron chi connectivity index (χ2n) is 7.24. The number of nitrogens with zero attached hydrogens (tertiary/aromatic N) is 3. The minimum Gasteiger partial charge on any atom is -0.371 e. The van der Waals surface area contributed by atoms with E-state index in [-0.39, 0.29) is 10.8 Å². The summed E-state index contributed by atoms with van der Waals surface area (Å²) in [6, 6.07) is 4.12. The molecule has 0 aliphatic carbocycles. The van der Waals surface area contributed by atoms with Gasteiger partial charge in [0.15, 0.2) is 4.98 Å². The number of hydrogen-bond donors (Lipinski definition) is 0. The van der Waals surface area contributed by atoms with E-state index in [0.29, 0.717) is 5.69 Å². The van der Waals surface area contributed by atoms with Crippen molar-refractivity contribution in [1.29, 1.82) is 5.39 Å². The molecule has 2 aliphatic rings. The molecule has 0 saturated carbocycles. The Labute approximate surface area is 115 Å². The van der Waals surface area contributed by atoms with Crippen LogP contribution in [0.1, 0.15) is 51.7 Å². The Morgan fingerprint density at radius 3 is 1.89 bits per heavy atom. The zero-order valence-electron chi connectivity index (χ0n) is 12.3. The third-order valence-corrected chi connectivity index (χ3v) is 5.00. The average Bonchev–Trinajstić information content (AvgIpc) is 2.36. The molecule has 0 unspecified atom stereocenters. The molecule has 0 radical (unpaired) electrons. The minimum atomic E-state index is 0.161. The molecule has 0 atom stereocenters. The van der Waals surface area contributed by atoms with Crippen molar-refractivity contribution in [1.82, 2.24) is 0 Å². The van der Waals surface area contributed by atoms with Gasteiger partial charge < -0.3 is 4.90 Å². The normalized spacial score (nSPS) is 22.6. The van der Waals surface area contributed by atoms with Crippen LogP contribution in [0.25, 0.3) is 4.98 Å². The summed E-state index contributed by atoms with van der Waals surface area (Å²) in [7, 11) is 0. The van der Waals surface area contributed by atoms with E-state index in [2.05, 4.69) is 49.7 Å². The van der Waals surface area contributed by atoms with Gasteiger partial charge in [0.2, 0.25) is 5.39 Å². The van der Waals surface area contributed by atoms with E-state index in [1.807, 2.05) is 0 Å². The molecule has 0 aromatic heterocycles. The molecule has 2 aliphatic heterocycles. The minimum absolute atomic E-state index is 0.161. The molecular formula is C16H22N3+. The zero-order chi connectivity index (χ0) is 13.8. The number of anilines is 1. The lowest BCUT2D eigenvalue weighted by molar-refractivity contribution is 0.402. The van der Waals surface area contributed by atoms with Crippen LogP contribution < -0.4 is 4.90 Å². The van der Waals surface area contributed by atoms with E-state index in [9.17, 15) is 5.39 Å². The first-order valence-electron chi connectivity index (χ1n) is 7.14. The molecule has 3 nitrogen and oxygen atoms in total. The van der Waals surface area contributed by atoms with Crippen LogP contribution in [0.4, 0.5) is 11.4 Å². The molecule has 19 heavy (non-hydrogen) atoms. The van der Waals surface area contributed by atoms with Crippen LogP contribution in [-0.4, -0.2) is 13.1 Å². The molecule has 0 bridgehead atoms. The predicted octanol–water partition coefficient (Wildman–Crippen LogP) is 4.34. The van der Waals surface area contributed by atoms with E-state index >= 15 is 0 Å². The van der Waals surface area contributed by atoms with E-state index < -0.39 is 0 Å². The standard InChI is InChI=1S/C16H22N3/c1-15(2)5-7-19-8-6-16(3,4)13-10-11(18-17)9-12(15)14(13)19/h9-10H,5-8H2,1-4H3/q+1. The van der Waals surface area contributed by atoms with Gasteiger partial charge in [0, 0.05) is 30.9 Å². The fraction of sp³-hybridized carbons (Fsp3) is 0.625. The molecule has 1 aromatic rings. The van der Waals surface area contributed by atoms with Gasteiger partial charge in [-0.25, -0.2) is 0 Å². The summed E-state index contributed by atoms with van der Waals surface area (Å²) in [4.78, 5) is 5.97. The van der Waals surface area contributed by atoms with Crippen LogP contribution >= 0.6 is 0 Å². The lowest BCUT2D eigenvalue weighted by atomic mass is 9.69. The van der Waals surface area contributed by atoms with Crippen molar-refractivity contribution >= 4 is 11.4 Å². The van der Waals surface area contributed by atoms with Gasteiger partial charge in [0.1, 0.15) is 0 Å². The van der Waals surface area contributed by atoms with Crippen LogP contribution in [0, 0.1) is 5.39 Å². The Kier molecular flexibility index (Phi) is 2.44. The molecule has 1 aromatic carbocycles. The van der Waals surface area contributed by atoms with Crippen molar-refractivity contribution in [3.05, 3.63) is 28.2 Å². The summed E-state index contributed by atoms with van der Waals surface area (Å²) in [5.41, 5.74) is 5.11. The monoisotopic (exact) mass is 256 g/mol. The molecule has 0 N–H and O–H groups in total. The fourth-order valence-corrected chi connectivity index (χ4v) is 3.48. The lowest BCUT2D eigenvalue weighted by Gasteiger charge is -2.47. The largest absolute Gasteiger partial charge is 0.385 e. The van der Waals surface area contributed by atoms with Gasteiger partial charge >= 0.3 is 5.69 Å².